The van der Waals surface area contributed by atoms with Crippen molar-refractivity contribution in [3.8, 4) is 0 Å². The molecule has 0 bridgehead atoms. The van der Waals surface area contributed by atoms with Gasteiger partial charge in [-0.1, -0.05) is 12.8 Å². The summed E-state index contributed by atoms with van der Waals surface area (Å²) in [6.45, 7) is 6.52. The fourth-order valence-corrected chi connectivity index (χ4v) is 5.65. The number of nitrogens with zero attached hydrogens (tertiary/aromatic N) is 3. The van der Waals surface area contributed by atoms with Crippen LogP contribution in [0.3, 0.4) is 0 Å². The first kappa shape index (κ1) is 22.2. The average molecular weight is 423 g/mol. The molecule has 29 heavy (non-hydrogen) atoms. The van der Waals surface area contributed by atoms with Crippen molar-refractivity contribution in [1.29, 1.82) is 0 Å². The van der Waals surface area contributed by atoms with E-state index in [2.05, 4.69) is 15.2 Å². The van der Waals surface area contributed by atoms with Gasteiger partial charge in [0.1, 0.15) is 0 Å². The van der Waals surface area contributed by atoms with E-state index in [1.165, 1.54) is 0 Å². The molecule has 0 spiro atoms. The highest BCUT2D eigenvalue weighted by Crippen LogP contribution is 2.28. The van der Waals surface area contributed by atoms with Crippen molar-refractivity contribution in [1.82, 2.24) is 19.5 Å². The van der Waals surface area contributed by atoms with Gasteiger partial charge < -0.3 is 5.32 Å². The molecule has 1 N–H and O–H groups in total. The molecule has 2 atom stereocenters. The molecule has 2 fully saturated rings. The van der Waals surface area contributed by atoms with Crippen molar-refractivity contribution in [2.45, 2.75) is 63.8 Å². The molecule has 7 nitrogen and oxygen atoms in total. The zero-order valence-corrected chi connectivity index (χ0v) is 18.4. The van der Waals surface area contributed by atoms with Crippen molar-refractivity contribution in [3.05, 3.63) is 30.1 Å². The van der Waals surface area contributed by atoms with Crippen LogP contribution in [0.2, 0.25) is 0 Å². The monoisotopic (exact) mass is 422 g/mol. The third kappa shape index (κ3) is 5.55. The maximum Gasteiger partial charge on any atom is 0.224 e. The number of rotatable bonds is 4. The van der Waals surface area contributed by atoms with E-state index in [4.69, 9.17) is 0 Å². The van der Waals surface area contributed by atoms with Crippen LogP contribution in [0.25, 0.3) is 0 Å². The second-order valence-corrected chi connectivity index (χ2v) is 10.9. The number of carbonyl (C=O) groups is 1. The Hall–Kier alpha value is -1.51. The maximum atomic E-state index is 13.0. The molecule has 8 heteroatoms. The van der Waals surface area contributed by atoms with Crippen molar-refractivity contribution in [3.63, 3.8) is 0 Å². The molecule has 2 aliphatic heterocycles. The molecular formula is C21H34N4O3S. The van der Waals surface area contributed by atoms with Crippen molar-refractivity contribution >= 4 is 15.9 Å². The molecule has 1 aromatic rings. The number of piperidine rings is 1. The van der Waals surface area contributed by atoms with E-state index in [1.54, 1.807) is 30.5 Å². The second kappa shape index (κ2) is 10.00. The van der Waals surface area contributed by atoms with E-state index in [9.17, 15) is 13.2 Å². The second-order valence-electron chi connectivity index (χ2n) is 8.45. The van der Waals surface area contributed by atoms with Gasteiger partial charge in [-0.05, 0) is 57.4 Å². The number of aromatic nitrogens is 1. The van der Waals surface area contributed by atoms with E-state index in [1.807, 2.05) is 12.1 Å². The standard InChI is InChI=1S/C21H34N4O3S/c1-17(2)29(27,28)25-14-9-19-20(16-25)24(15-18-7-11-22-12-8-18)13-6-4-3-5-10-23-21(19)26/h7-8,11-12,17,19-20H,3-6,9-10,13-16H2,1-2H3,(H,23,26)/t19-,20-/m1/s1. The summed E-state index contributed by atoms with van der Waals surface area (Å²) in [5.74, 6) is -0.119. The summed E-state index contributed by atoms with van der Waals surface area (Å²) in [7, 11) is -3.34. The minimum absolute atomic E-state index is 0.0678. The molecule has 0 aliphatic carbocycles. The van der Waals surface area contributed by atoms with Crippen molar-refractivity contribution in [2.75, 3.05) is 26.2 Å². The summed E-state index contributed by atoms with van der Waals surface area (Å²) in [6, 6.07) is 3.86. The third-order valence-electron chi connectivity index (χ3n) is 6.11. The smallest absolute Gasteiger partial charge is 0.224 e. The van der Waals surface area contributed by atoms with Gasteiger partial charge in [0.05, 0.1) is 11.2 Å². The van der Waals surface area contributed by atoms with Gasteiger partial charge in [-0.25, -0.2) is 12.7 Å². The molecule has 2 saturated heterocycles. The number of hydrogen-bond donors (Lipinski definition) is 1. The molecule has 0 aromatic carbocycles. The summed E-state index contributed by atoms with van der Waals surface area (Å²) in [4.78, 5) is 19.4. The lowest BCUT2D eigenvalue weighted by Crippen LogP contribution is -2.58. The zero-order chi connectivity index (χ0) is 20.9. The van der Waals surface area contributed by atoms with Crippen LogP contribution in [-0.4, -0.2) is 66.0 Å². The molecule has 3 heterocycles. The van der Waals surface area contributed by atoms with Gasteiger partial charge in [-0.2, -0.15) is 0 Å². The Morgan fingerprint density at radius 1 is 1.14 bits per heavy atom. The Bertz CT molecular complexity index is 769. The predicted molar refractivity (Wildman–Crippen MR) is 114 cm³/mol. The van der Waals surface area contributed by atoms with Crippen molar-refractivity contribution in [2.24, 2.45) is 5.92 Å². The summed E-state index contributed by atoms with van der Waals surface area (Å²) in [5.41, 5.74) is 1.14. The molecule has 0 unspecified atom stereocenters. The van der Waals surface area contributed by atoms with Gasteiger partial charge >= 0.3 is 0 Å². The molecular weight excluding hydrogens is 388 g/mol. The predicted octanol–water partition coefficient (Wildman–Crippen LogP) is 2.00. The Morgan fingerprint density at radius 2 is 1.86 bits per heavy atom. The molecule has 2 aliphatic rings. The first-order valence-electron chi connectivity index (χ1n) is 10.8. The summed E-state index contributed by atoms with van der Waals surface area (Å²) < 4.78 is 27.3. The van der Waals surface area contributed by atoms with Gasteiger partial charge in [-0.15, -0.1) is 0 Å². The number of sulfonamides is 1. The van der Waals surface area contributed by atoms with E-state index in [0.717, 1.165) is 37.8 Å². The van der Waals surface area contributed by atoms with Crippen LogP contribution in [0, 0.1) is 5.92 Å². The minimum Gasteiger partial charge on any atom is -0.356 e. The normalized spacial score (nSPS) is 25.8. The Balaban J connectivity index is 1.89. The molecule has 0 radical (unpaired) electrons. The topological polar surface area (TPSA) is 82.6 Å². The lowest BCUT2D eigenvalue weighted by molar-refractivity contribution is -0.129. The highest BCUT2D eigenvalue weighted by molar-refractivity contribution is 7.89. The van der Waals surface area contributed by atoms with Crippen LogP contribution in [0.5, 0.6) is 0 Å². The summed E-state index contributed by atoms with van der Waals surface area (Å²) >= 11 is 0. The highest BCUT2D eigenvalue weighted by atomic mass is 32.2. The van der Waals surface area contributed by atoms with E-state index >= 15 is 0 Å². The van der Waals surface area contributed by atoms with Gasteiger partial charge in [0.15, 0.2) is 0 Å². The van der Waals surface area contributed by atoms with Crippen LogP contribution in [-0.2, 0) is 21.4 Å². The van der Waals surface area contributed by atoms with Gasteiger partial charge in [0, 0.05) is 44.6 Å². The van der Waals surface area contributed by atoms with Crippen LogP contribution in [0.4, 0.5) is 0 Å². The quantitative estimate of drug-likeness (QED) is 0.803. The lowest BCUT2D eigenvalue weighted by Gasteiger charge is -2.43. The number of fused-ring (bicyclic) bond motifs is 1. The van der Waals surface area contributed by atoms with Crippen LogP contribution >= 0.6 is 0 Å². The summed E-state index contributed by atoms with van der Waals surface area (Å²) in [5, 5.41) is 2.64. The van der Waals surface area contributed by atoms with Gasteiger partial charge in [0.2, 0.25) is 15.9 Å². The number of nitrogens with one attached hydrogen (secondary N) is 1. The Labute approximate surface area is 174 Å². The third-order valence-corrected chi connectivity index (χ3v) is 8.36. The van der Waals surface area contributed by atoms with E-state index in [-0.39, 0.29) is 17.9 Å². The van der Waals surface area contributed by atoms with Gasteiger partial charge in [-0.3, -0.25) is 14.7 Å². The van der Waals surface area contributed by atoms with E-state index in [0.29, 0.717) is 32.6 Å². The summed E-state index contributed by atoms with van der Waals surface area (Å²) in [6.07, 6.45) is 8.40. The minimum atomic E-state index is -3.34. The fraction of sp³-hybridized carbons (Fsp3) is 0.714. The van der Waals surface area contributed by atoms with E-state index < -0.39 is 15.3 Å². The fourth-order valence-electron chi connectivity index (χ4n) is 4.33. The first-order valence-corrected chi connectivity index (χ1v) is 12.3. The molecule has 1 amide bonds. The van der Waals surface area contributed by atoms with Crippen LogP contribution in [0.1, 0.15) is 51.5 Å². The Kier molecular flexibility index (Phi) is 7.65. The Morgan fingerprint density at radius 3 is 2.59 bits per heavy atom. The average Bonchev–Trinajstić information content (AvgIpc) is 2.74. The van der Waals surface area contributed by atoms with Crippen LogP contribution in [0.15, 0.2) is 24.5 Å². The number of pyridine rings is 1. The largest absolute Gasteiger partial charge is 0.356 e. The SMILES string of the molecule is CC(C)S(=O)(=O)N1CC[C@H]2C(=O)NCCCCCCN(Cc3ccncc3)[C@@H]2C1. The molecule has 3 rings (SSSR count). The highest BCUT2D eigenvalue weighted by Gasteiger charge is 2.41. The molecule has 1 aromatic heterocycles. The van der Waals surface area contributed by atoms with Gasteiger partial charge in [0.25, 0.3) is 0 Å². The number of carbonyl (C=O) groups excluding carboxylic acids is 1. The maximum absolute atomic E-state index is 13.0. The zero-order valence-electron chi connectivity index (χ0n) is 17.6. The lowest BCUT2D eigenvalue weighted by atomic mass is 9.90. The molecule has 0 saturated carbocycles. The number of hydrogen-bond acceptors (Lipinski definition) is 5. The number of amides is 1. The first-order chi connectivity index (χ1) is 13.9. The molecule has 162 valence electrons. The van der Waals surface area contributed by atoms with Crippen LogP contribution < -0.4 is 5.32 Å². The van der Waals surface area contributed by atoms with Crippen molar-refractivity contribution < 1.29 is 13.2 Å².